The van der Waals surface area contributed by atoms with Crippen molar-refractivity contribution in [2.75, 3.05) is 33.2 Å². The van der Waals surface area contributed by atoms with E-state index in [0.717, 1.165) is 24.0 Å². The summed E-state index contributed by atoms with van der Waals surface area (Å²) in [5, 5.41) is 0.0349. The van der Waals surface area contributed by atoms with Crippen molar-refractivity contribution in [2.24, 2.45) is 5.73 Å². The number of piperazine rings is 1. The van der Waals surface area contributed by atoms with Crippen LogP contribution in [0.4, 0.5) is 13.2 Å². The van der Waals surface area contributed by atoms with Crippen LogP contribution < -0.4 is 5.73 Å². The summed E-state index contributed by atoms with van der Waals surface area (Å²) in [7, 11) is 2.00. The van der Waals surface area contributed by atoms with Gasteiger partial charge in [0.25, 0.3) is 0 Å². The third-order valence-corrected chi connectivity index (χ3v) is 6.14. The van der Waals surface area contributed by atoms with Crippen LogP contribution in [0.1, 0.15) is 10.4 Å². The molecule has 0 spiro atoms. The summed E-state index contributed by atoms with van der Waals surface area (Å²) in [5.74, 6) is -0.120. The second-order valence-electron chi connectivity index (χ2n) is 6.89. The minimum Gasteiger partial charge on any atom is -0.339 e. The lowest BCUT2D eigenvalue weighted by molar-refractivity contribution is -0.137. The molecule has 152 valence electrons. The number of nitrogens with zero attached hydrogens (tertiary/aromatic N) is 2. The maximum atomic E-state index is 13.3. The first-order valence-corrected chi connectivity index (χ1v) is 10.0. The van der Waals surface area contributed by atoms with Gasteiger partial charge in [0, 0.05) is 52.9 Å². The zero-order chi connectivity index (χ0) is 20.5. The van der Waals surface area contributed by atoms with Gasteiger partial charge in [-0.1, -0.05) is 17.7 Å². The van der Waals surface area contributed by atoms with Gasteiger partial charge in [0.1, 0.15) is 0 Å². The first kappa shape index (κ1) is 21.1. The van der Waals surface area contributed by atoms with Crippen LogP contribution in [0.5, 0.6) is 0 Å². The number of hydrogen-bond donors (Lipinski definition) is 1. The van der Waals surface area contributed by atoms with E-state index in [1.165, 1.54) is 23.5 Å². The zero-order valence-electron chi connectivity index (χ0n) is 15.3. The number of alkyl halides is 3. The van der Waals surface area contributed by atoms with Crippen LogP contribution in [0.2, 0.25) is 5.02 Å². The molecule has 2 heterocycles. The first-order chi connectivity index (χ1) is 13.1. The highest BCUT2D eigenvalue weighted by atomic mass is 35.5. The van der Waals surface area contributed by atoms with Crippen LogP contribution in [0.15, 0.2) is 30.3 Å². The Morgan fingerprint density at radius 3 is 2.54 bits per heavy atom. The summed E-state index contributed by atoms with van der Waals surface area (Å²) in [6.07, 6.45) is -4.21. The molecule has 4 nitrogen and oxygen atoms in total. The van der Waals surface area contributed by atoms with Gasteiger partial charge in [0.15, 0.2) is 0 Å². The van der Waals surface area contributed by atoms with Gasteiger partial charge in [-0.2, -0.15) is 13.2 Å². The first-order valence-electron chi connectivity index (χ1n) is 8.84. The predicted octanol–water partition coefficient (Wildman–Crippen LogP) is 3.73. The van der Waals surface area contributed by atoms with Crippen LogP contribution in [0.3, 0.4) is 0 Å². The van der Waals surface area contributed by atoms with E-state index >= 15 is 0 Å². The Morgan fingerprint density at radius 2 is 1.89 bits per heavy atom. The van der Waals surface area contributed by atoms with Crippen molar-refractivity contribution >= 4 is 28.8 Å². The average Bonchev–Trinajstić information content (AvgIpc) is 3.09. The number of hydrogen-bond acceptors (Lipinski definition) is 4. The number of amides is 1. The molecule has 0 aliphatic carbocycles. The van der Waals surface area contributed by atoms with Crippen molar-refractivity contribution in [3.05, 3.63) is 45.8 Å². The maximum Gasteiger partial charge on any atom is 0.417 e. The van der Waals surface area contributed by atoms with Crippen LogP contribution in [-0.4, -0.2) is 55.0 Å². The topological polar surface area (TPSA) is 49.6 Å². The molecule has 0 saturated carbocycles. The Morgan fingerprint density at radius 1 is 1.21 bits per heavy atom. The van der Waals surface area contributed by atoms with E-state index in [1.54, 1.807) is 17.0 Å². The second-order valence-corrected chi connectivity index (χ2v) is 8.50. The number of thiophene rings is 1. The lowest BCUT2D eigenvalue weighted by Crippen LogP contribution is -2.52. The Hall–Kier alpha value is -1.61. The minimum atomic E-state index is -4.50. The summed E-state index contributed by atoms with van der Waals surface area (Å²) in [6.45, 7) is 2.88. The molecule has 0 bridgehead atoms. The Kier molecular flexibility index (Phi) is 6.34. The van der Waals surface area contributed by atoms with Gasteiger partial charge < -0.3 is 15.5 Å². The molecule has 1 aliphatic heterocycles. The quantitative estimate of drug-likeness (QED) is 0.802. The van der Waals surface area contributed by atoms with Crippen LogP contribution in [0.25, 0.3) is 10.4 Å². The van der Waals surface area contributed by atoms with E-state index in [0.29, 0.717) is 24.4 Å². The third-order valence-electron chi connectivity index (χ3n) is 4.77. The van der Waals surface area contributed by atoms with Gasteiger partial charge in [-0.3, -0.25) is 4.79 Å². The van der Waals surface area contributed by atoms with E-state index < -0.39 is 17.8 Å². The summed E-state index contributed by atoms with van der Waals surface area (Å²) in [5.41, 5.74) is 5.39. The monoisotopic (exact) mass is 431 g/mol. The van der Waals surface area contributed by atoms with Crippen LogP contribution in [-0.2, 0) is 17.4 Å². The lowest BCUT2D eigenvalue weighted by atomic mass is 10.1. The predicted molar refractivity (Wildman–Crippen MR) is 106 cm³/mol. The van der Waals surface area contributed by atoms with Crippen molar-refractivity contribution in [3.8, 4) is 10.4 Å². The average molecular weight is 432 g/mol. The molecule has 1 unspecified atom stereocenters. The molecule has 9 heteroatoms. The van der Waals surface area contributed by atoms with Crippen molar-refractivity contribution in [1.29, 1.82) is 0 Å². The fourth-order valence-electron chi connectivity index (χ4n) is 3.16. The summed E-state index contributed by atoms with van der Waals surface area (Å²) >= 11 is 6.96. The summed E-state index contributed by atoms with van der Waals surface area (Å²) in [6, 6.07) is 6.39. The molecule has 2 N–H and O–H groups in total. The Labute approximate surface area is 170 Å². The van der Waals surface area contributed by atoms with Crippen LogP contribution >= 0.6 is 22.9 Å². The van der Waals surface area contributed by atoms with Crippen molar-refractivity contribution in [1.82, 2.24) is 9.80 Å². The van der Waals surface area contributed by atoms with Gasteiger partial charge in [-0.25, -0.2) is 0 Å². The molecule has 28 heavy (non-hydrogen) atoms. The van der Waals surface area contributed by atoms with E-state index in [4.69, 9.17) is 17.3 Å². The molecular formula is C19H21ClF3N3OS. The number of halogens is 4. The molecule has 1 fully saturated rings. The Bertz CT molecular complexity index is 847. The SMILES string of the molecule is CN1CCN(C(=O)C(N)Cc2ccc(-c3ccc(Cl)cc3C(F)(F)F)s2)CC1. The third kappa shape index (κ3) is 4.86. The molecule has 1 amide bonds. The number of nitrogens with two attached hydrogens (primary N) is 1. The highest BCUT2D eigenvalue weighted by Gasteiger charge is 2.34. The fourth-order valence-corrected chi connectivity index (χ4v) is 4.44. The lowest BCUT2D eigenvalue weighted by Gasteiger charge is -2.33. The summed E-state index contributed by atoms with van der Waals surface area (Å²) in [4.78, 5) is 17.7. The van der Waals surface area contributed by atoms with E-state index in [-0.39, 0.29) is 16.5 Å². The van der Waals surface area contributed by atoms with E-state index in [2.05, 4.69) is 4.90 Å². The molecule has 1 aromatic heterocycles. The second kappa shape index (κ2) is 8.41. The fraction of sp³-hybridized carbons (Fsp3) is 0.421. The Balaban J connectivity index is 1.74. The standard InChI is InChI=1S/C19H21ClF3N3OS/c1-25-6-8-26(9-7-25)18(27)16(24)11-13-3-5-17(28-13)14-4-2-12(20)10-15(14)19(21,22)23/h2-5,10,16H,6-9,11,24H2,1H3. The molecule has 2 aromatic rings. The molecule has 0 radical (unpaired) electrons. The summed E-state index contributed by atoms with van der Waals surface area (Å²) < 4.78 is 40.0. The molecule has 1 saturated heterocycles. The van der Waals surface area contributed by atoms with Crippen molar-refractivity contribution in [3.63, 3.8) is 0 Å². The highest BCUT2D eigenvalue weighted by molar-refractivity contribution is 7.15. The van der Waals surface area contributed by atoms with E-state index in [9.17, 15) is 18.0 Å². The maximum absolute atomic E-state index is 13.3. The highest BCUT2D eigenvalue weighted by Crippen LogP contribution is 2.40. The molecule has 1 atom stereocenters. The van der Waals surface area contributed by atoms with Gasteiger partial charge >= 0.3 is 6.18 Å². The van der Waals surface area contributed by atoms with E-state index in [1.807, 2.05) is 7.05 Å². The minimum absolute atomic E-state index is 0.0349. The molecular weight excluding hydrogens is 411 g/mol. The molecule has 1 aromatic carbocycles. The number of rotatable bonds is 4. The zero-order valence-corrected chi connectivity index (χ0v) is 16.9. The number of likely N-dealkylation sites (N-methyl/N-ethyl adjacent to an activating group) is 1. The van der Waals surface area contributed by atoms with Gasteiger partial charge in [-0.05, 0) is 31.3 Å². The number of carbonyl (C=O) groups is 1. The van der Waals surface area contributed by atoms with Gasteiger partial charge in [0.05, 0.1) is 11.6 Å². The molecule has 1 aliphatic rings. The smallest absolute Gasteiger partial charge is 0.339 e. The van der Waals surface area contributed by atoms with Crippen molar-refractivity contribution < 1.29 is 18.0 Å². The van der Waals surface area contributed by atoms with Crippen molar-refractivity contribution in [2.45, 2.75) is 18.6 Å². The molecule has 3 rings (SSSR count). The largest absolute Gasteiger partial charge is 0.417 e. The number of carbonyl (C=O) groups excluding carboxylic acids is 1. The van der Waals surface area contributed by atoms with Gasteiger partial charge in [0.2, 0.25) is 5.91 Å². The number of benzene rings is 1. The van der Waals surface area contributed by atoms with Gasteiger partial charge in [-0.15, -0.1) is 11.3 Å². The normalized spacial score (nSPS) is 17.0. The van der Waals surface area contributed by atoms with Crippen LogP contribution in [0, 0.1) is 0 Å².